The van der Waals surface area contributed by atoms with Crippen molar-refractivity contribution < 1.29 is 9.53 Å². The Morgan fingerprint density at radius 3 is 2.61 bits per heavy atom. The summed E-state index contributed by atoms with van der Waals surface area (Å²) < 4.78 is 7.35. The number of thioether (sulfide) groups is 1. The topological polar surface area (TPSA) is 58.6 Å². The normalized spacial score (nSPS) is 14.6. The summed E-state index contributed by atoms with van der Waals surface area (Å²) >= 11 is 4.88. The van der Waals surface area contributed by atoms with Crippen LogP contribution in [0.2, 0.25) is 0 Å². The third-order valence-corrected chi connectivity index (χ3v) is 8.61. The van der Waals surface area contributed by atoms with E-state index >= 15 is 0 Å². The first-order valence-electron chi connectivity index (χ1n) is 10.8. The second kappa shape index (κ2) is 10.2. The molecule has 170 valence electrons. The molecule has 9 heteroatoms. The number of carbonyl (C=O) groups excluding carboxylic acids is 1. The summed E-state index contributed by atoms with van der Waals surface area (Å²) in [5.74, 6) is 1.48. The molecular weight excluding hydrogens is 472 g/mol. The Bertz CT molecular complexity index is 1200. The molecule has 2 aromatic heterocycles. The zero-order chi connectivity index (χ0) is 22.6. The second-order valence-electron chi connectivity index (χ2n) is 7.75. The van der Waals surface area contributed by atoms with Gasteiger partial charge < -0.3 is 9.64 Å². The molecule has 0 N–H and O–H groups in total. The molecule has 3 heterocycles. The summed E-state index contributed by atoms with van der Waals surface area (Å²) in [7, 11) is 1.67. The molecular formula is C24H24N4O2S3. The third-order valence-electron chi connectivity index (χ3n) is 5.61. The Hall–Kier alpha value is -2.46. The summed E-state index contributed by atoms with van der Waals surface area (Å²) in [6.07, 6.45) is 0. The maximum Gasteiger partial charge on any atom is 0.233 e. The maximum absolute atomic E-state index is 12.7. The van der Waals surface area contributed by atoms with Crippen LogP contribution < -0.4 is 4.74 Å². The molecule has 0 aliphatic carbocycles. The van der Waals surface area contributed by atoms with E-state index in [4.69, 9.17) is 9.72 Å². The number of nitrogens with zero attached hydrogens (tertiary/aromatic N) is 4. The standard InChI is InChI=1S/C24H24N4O2S3/c1-30-18-8-6-17(7-9-18)20-15-31-22(25-20)14-27-10-12-28(13-11-27)23(29)16-32-24-26-19-4-2-3-5-21(19)33-24/h2-9,15H,10-14,16H2,1H3. The molecule has 2 aromatic carbocycles. The number of rotatable bonds is 7. The van der Waals surface area contributed by atoms with Crippen LogP contribution in [-0.2, 0) is 11.3 Å². The highest BCUT2D eigenvalue weighted by Gasteiger charge is 2.22. The van der Waals surface area contributed by atoms with E-state index in [1.807, 2.05) is 47.4 Å². The molecule has 5 rings (SSSR count). The number of benzene rings is 2. The minimum Gasteiger partial charge on any atom is -0.497 e. The van der Waals surface area contributed by atoms with E-state index in [1.54, 1.807) is 41.5 Å². The number of ether oxygens (including phenoxy) is 1. The van der Waals surface area contributed by atoms with E-state index < -0.39 is 0 Å². The van der Waals surface area contributed by atoms with Crippen LogP contribution in [0.4, 0.5) is 0 Å². The lowest BCUT2D eigenvalue weighted by atomic mass is 10.2. The number of piperazine rings is 1. The zero-order valence-corrected chi connectivity index (χ0v) is 20.7. The minimum absolute atomic E-state index is 0.190. The van der Waals surface area contributed by atoms with Gasteiger partial charge in [-0.1, -0.05) is 23.9 Å². The van der Waals surface area contributed by atoms with Crippen molar-refractivity contribution in [3.05, 3.63) is 58.9 Å². The predicted octanol–water partition coefficient (Wildman–Crippen LogP) is 4.86. The van der Waals surface area contributed by atoms with Crippen molar-refractivity contribution in [1.82, 2.24) is 19.8 Å². The largest absolute Gasteiger partial charge is 0.497 e. The Morgan fingerprint density at radius 2 is 1.85 bits per heavy atom. The summed E-state index contributed by atoms with van der Waals surface area (Å²) in [6.45, 7) is 4.08. The van der Waals surface area contributed by atoms with E-state index in [2.05, 4.69) is 21.3 Å². The lowest BCUT2D eigenvalue weighted by Crippen LogP contribution is -2.48. The number of aromatic nitrogens is 2. The molecule has 1 fully saturated rings. The van der Waals surface area contributed by atoms with Gasteiger partial charge in [0, 0.05) is 37.1 Å². The number of methoxy groups -OCH3 is 1. The summed E-state index contributed by atoms with van der Waals surface area (Å²) in [4.78, 5) is 26.5. The molecule has 4 aromatic rings. The molecule has 0 bridgehead atoms. The Kier molecular flexibility index (Phi) is 6.91. The van der Waals surface area contributed by atoms with Gasteiger partial charge >= 0.3 is 0 Å². The number of amides is 1. The number of hydrogen-bond donors (Lipinski definition) is 0. The lowest BCUT2D eigenvalue weighted by molar-refractivity contribution is -0.130. The van der Waals surface area contributed by atoms with Crippen molar-refractivity contribution in [3.63, 3.8) is 0 Å². The minimum atomic E-state index is 0.190. The van der Waals surface area contributed by atoms with E-state index in [9.17, 15) is 4.79 Å². The van der Waals surface area contributed by atoms with Gasteiger partial charge in [0.25, 0.3) is 0 Å². The average Bonchev–Trinajstić information content (AvgIpc) is 3.50. The maximum atomic E-state index is 12.7. The van der Waals surface area contributed by atoms with Gasteiger partial charge in [-0.15, -0.1) is 22.7 Å². The fraction of sp³-hybridized carbons (Fsp3) is 0.292. The second-order valence-corrected chi connectivity index (χ2v) is 10.9. The van der Waals surface area contributed by atoms with Gasteiger partial charge in [0.2, 0.25) is 5.91 Å². The van der Waals surface area contributed by atoms with Crippen LogP contribution in [0.25, 0.3) is 21.5 Å². The Labute approximate surface area is 205 Å². The fourth-order valence-corrected chi connectivity index (χ4v) is 6.57. The predicted molar refractivity (Wildman–Crippen MR) is 136 cm³/mol. The van der Waals surface area contributed by atoms with Gasteiger partial charge in [-0.25, -0.2) is 9.97 Å². The molecule has 1 amide bonds. The molecule has 1 aliphatic heterocycles. The molecule has 1 aliphatic rings. The first-order valence-corrected chi connectivity index (χ1v) is 13.4. The quantitative estimate of drug-likeness (QED) is 0.341. The number of hydrogen-bond acceptors (Lipinski definition) is 8. The number of carbonyl (C=O) groups is 1. The van der Waals surface area contributed by atoms with Gasteiger partial charge in [0.15, 0.2) is 4.34 Å². The smallest absolute Gasteiger partial charge is 0.233 e. The van der Waals surface area contributed by atoms with E-state index in [0.29, 0.717) is 5.75 Å². The van der Waals surface area contributed by atoms with Gasteiger partial charge in [0.05, 0.1) is 35.3 Å². The van der Waals surface area contributed by atoms with Crippen LogP contribution in [0.15, 0.2) is 58.3 Å². The molecule has 0 radical (unpaired) electrons. The average molecular weight is 497 g/mol. The Morgan fingerprint density at radius 1 is 1.06 bits per heavy atom. The van der Waals surface area contributed by atoms with Crippen molar-refractivity contribution in [3.8, 4) is 17.0 Å². The van der Waals surface area contributed by atoms with E-state index in [-0.39, 0.29) is 5.91 Å². The van der Waals surface area contributed by atoms with E-state index in [0.717, 1.165) is 64.6 Å². The molecule has 33 heavy (non-hydrogen) atoms. The van der Waals surface area contributed by atoms with Crippen LogP contribution in [0.5, 0.6) is 5.75 Å². The van der Waals surface area contributed by atoms with Crippen LogP contribution >= 0.6 is 34.4 Å². The zero-order valence-electron chi connectivity index (χ0n) is 18.3. The molecule has 0 saturated carbocycles. The number of para-hydroxylation sites is 1. The van der Waals surface area contributed by atoms with Crippen LogP contribution in [0.1, 0.15) is 5.01 Å². The summed E-state index contributed by atoms with van der Waals surface area (Å²) in [5.41, 5.74) is 3.10. The first kappa shape index (κ1) is 22.3. The monoisotopic (exact) mass is 496 g/mol. The van der Waals surface area contributed by atoms with Gasteiger partial charge in [-0.2, -0.15) is 0 Å². The van der Waals surface area contributed by atoms with Crippen molar-refractivity contribution >= 4 is 50.6 Å². The molecule has 0 spiro atoms. The van der Waals surface area contributed by atoms with Gasteiger partial charge in [-0.05, 0) is 36.4 Å². The molecule has 6 nitrogen and oxygen atoms in total. The van der Waals surface area contributed by atoms with Gasteiger partial charge in [0.1, 0.15) is 10.8 Å². The molecule has 0 unspecified atom stereocenters. The van der Waals surface area contributed by atoms with Crippen LogP contribution in [0.3, 0.4) is 0 Å². The Balaban J connectivity index is 1.09. The summed E-state index contributed by atoms with van der Waals surface area (Å²) in [5, 5.41) is 3.21. The lowest BCUT2D eigenvalue weighted by Gasteiger charge is -2.34. The molecule has 0 atom stereocenters. The van der Waals surface area contributed by atoms with Crippen molar-refractivity contribution in [1.29, 1.82) is 0 Å². The highest BCUT2D eigenvalue weighted by molar-refractivity contribution is 8.01. The van der Waals surface area contributed by atoms with Crippen LogP contribution in [0, 0.1) is 0 Å². The number of fused-ring (bicyclic) bond motifs is 1. The van der Waals surface area contributed by atoms with E-state index in [1.165, 1.54) is 4.70 Å². The first-order chi connectivity index (χ1) is 16.2. The highest BCUT2D eigenvalue weighted by atomic mass is 32.2. The SMILES string of the molecule is COc1ccc(-c2csc(CN3CCN(C(=O)CSc4nc5ccccc5s4)CC3)n2)cc1. The molecule has 1 saturated heterocycles. The van der Waals surface area contributed by atoms with Gasteiger partial charge in [-0.3, -0.25) is 9.69 Å². The number of thiazole rings is 2. The van der Waals surface area contributed by atoms with Crippen molar-refractivity contribution in [2.75, 3.05) is 39.0 Å². The van der Waals surface area contributed by atoms with Crippen molar-refractivity contribution in [2.45, 2.75) is 10.9 Å². The highest BCUT2D eigenvalue weighted by Crippen LogP contribution is 2.29. The third kappa shape index (κ3) is 5.38. The fourth-order valence-electron chi connectivity index (χ4n) is 3.75. The van der Waals surface area contributed by atoms with Crippen LogP contribution in [-0.4, -0.2) is 64.7 Å². The summed E-state index contributed by atoms with van der Waals surface area (Å²) in [6, 6.07) is 16.1. The van der Waals surface area contributed by atoms with Crippen molar-refractivity contribution in [2.24, 2.45) is 0 Å².